The van der Waals surface area contributed by atoms with E-state index in [2.05, 4.69) is 19.0 Å². The fraction of sp³-hybridized carbons (Fsp3) is 0.647. The number of rotatable bonds is 3. The molecule has 1 spiro atoms. The Kier molecular flexibility index (Phi) is 4.23. The maximum absolute atomic E-state index is 12.6. The molecule has 2 amide bonds. The van der Waals surface area contributed by atoms with Crippen molar-refractivity contribution >= 4 is 23.2 Å². The number of hydrogen-bond acceptors (Lipinski definition) is 4. The normalized spacial score (nSPS) is 22.7. The van der Waals surface area contributed by atoms with Gasteiger partial charge in [0.1, 0.15) is 0 Å². The average molecular weight is 335 g/mol. The molecule has 1 aromatic rings. The van der Waals surface area contributed by atoms with Gasteiger partial charge in [0.25, 0.3) is 5.91 Å². The number of hydrogen-bond donors (Lipinski definition) is 0. The molecule has 0 bridgehead atoms. The Bertz CT molecular complexity index is 619. The van der Waals surface area contributed by atoms with Crippen molar-refractivity contribution in [1.29, 1.82) is 0 Å². The van der Waals surface area contributed by atoms with Gasteiger partial charge in [-0.3, -0.25) is 9.59 Å². The summed E-state index contributed by atoms with van der Waals surface area (Å²) < 4.78 is 0. The zero-order chi connectivity index (χ0) is 16.8. The largest absolute Gasteiger partial charge is 0.342 e. The van der Waals surface area contributed by atoms with Gasteiger partial charge in [0, 0.05) is 45.1 Å². The van der Waals surface area contributed by atoms with E-state index in [1.54, 1.807) is 6.92 Å². The summed E-state index contributed by atoms with van der Waals surface area (Å²) in [5.41, 5.74) is 1.14. The number of carbonyl (C=O) groups is 2. The molecular weight excluding hydrogens is 310 g/mol. The molecular formula is C17H25N3O2S. The van der Waals surface area contributed by atoms with E-state index < -0.39 is 0 Å². The lowest BCUT2D eigenvalue weighted by atomic mass is 9.71. The van der Waals surface area contributed by atoms with Gasteiger partial charge in [0.2, 0.25) is 5.91 Å². The Morgan fingerprint density at radius 3 is 2.48 bits per heavy atom. The van der Waals surface area contributed by atoms with Crippen molar-refractivity contribution in [3.05, 3.63) is 21.9 Å². The Labute approximate surface area is 141 Å². The van der Waals surface area contributed by atoms with Crippen LogP contribution in [-0.2, 0) is 4.79 Å². The van der Waals surface area contributed by atoms with Gasteiger partial charge >= 0.3 is 0 Å². The first-order valence-corrected chi connectivity index (χ1v) is 8.94. The van der Waals surface area contributed by atoms with Crippen molar-refractivity contribution in [2.75, 3.05) is 46.8 Å². The zero-order valence-electron chi connectivity index (χ0n) is 14.3. The molecule has 0 saturated carbocycles. The van der Waals surface area contributed by atoms with E-state index in [0.717, 1.165) is 43.2 Å². The number of thiophene rings is 1. The summed E-state index contributed by atoms with van der Waals surface area (Å²) in [6.07, 6.45) is 0. The summed E-state index contributed by atoms with van der Waals surface area (Å²) in [7, 11) is 4.14. The van der Waals surface area contributed by atoms with Crippen molar-refractivity contribution < 1.29 is 9.59 Å². The quantitative estimate of drug-likeness (QED) is 0.842. The van der Waals surface area contributed by atoms with E-state index in [1.165, 1.54) is 11.3 Å². The van der Waals surface area contributed by atoms with E-state index in [9.17, 15) is 9.59 Å². The smallest absolute Gasteiger partial charge is 0.264 e. The van der Waals surface area contributed by atoms with Crippen LogP contribution in [0.5, 0.6) is 0 Å². The van der Waals surface area contributed by atoms with Gasteiger partial charge in [0.15, 0.2) is 0 Å². The molecule has 0 aromatic carbocycles. The molecule has 5 nitrogen and oxygen atoms in total. The highest BCUT2D eigenvalue weighted by molar-refractivity contribution is 7.12. The molecule has 2 aliphatic rings. The molecule has 2 aliphatic heterocycles. The van der Waals surface area contributed by atoms with E-state index in [1.807, 2.05) is 28.2 Å². The first-order chi connectivity index (χ1) is 10.8. The van der Waals surface area contributed by atoms with Crippen LogP contribution in [-0.4, -0.2) is 73.3 Å². The van der Waals surface area contributed by atoms with Crippen LogP contribution >= 0.6 is 11.3 Å². The molecule has 3 heterocycles. The molecule has 1 atom stereocenters. The topological polar surface area (TPSA) is 43.9 Å². The van der Waals surface area contributed by atoms with Gasteiger partial charge in [-0.15, -0.1) is 11.3 Å². The third kappa shape index (κ3) is 2.90. The van der Waals surface area contributed by atoms with Gasteiger partial charge in [-0.1, -0.05) is 0 Å². The van der Waals surface area contributed by atoms with E-state index >= 15 is 0 Å². The van der Waals surface area contributed by atoms with Gasteiger partial charge in [0.05, 0.1) is 4.88 Å². The van der Waals surface area contributed by atoms with Crippen LogP contribution in [0.1, 0.15) is 22.2 Å². The second-order valence-electron chi connectivity index (χ2n) is 7.32. The summed E-state index contributed by atoms with van der Waals surface area (Å²) >= 11 is 1.52. The summed E-state index contributed by atoms with van der Waals surface area (Å²) in [6.45, 7) is 7.73. The van der Waals surface area contributed by atoms with Crippen molar-refractivity contribution in [3.8, 4) is 0 Å². The molecule has 2 fully saturated rings. The minimum Gasteiger partial charge on any atom is -0.342 e. The van der Waals surface area contributed by atoms with Crippen LogP contribution < -0.4 is 0 Å². The monoisotopic (exact) mass is 335 g/mol. The Balaban J connectivity index is 1.72. The summed E-state index contributed by atoms with van der Waals surface area (Å²) in [6, 6.07) is 2.00. The molecule has 126 valence electrons. The molecule has 2 saturated heterocycles. The fourth-order valence-corrected chi connectivity index (χ4v) is 4.81. The zero-order valence-corrected chi connectivity index (χ0v) is 15.2. The predicted octanol–water partition coefficient (Wildman–Crippen LogP) is 1.54. The van der Waals surface area contributed by atoms with E-state index in [4.69, 9.17) is 0 Å². The SMILES string of the molecule is CC(=O)N1CC(CN(C)C)C2(C1)CN(C(=O)c1sccc1C)C2. The van der Waals surface area contributed by atoms with E-state index in [-0.39, 0.29) is 17.2 Å². The average Bonchev–Trinajstić information content (AvgIpc) is 3.00. The molecule has 0 radical (unpaired) electrons. The lowest BCUT2D eigenvalue weighted by Crippen LogP contribution is -2.63. The molecule has 1 unspecified atom stereocenters. The van der Waals surface area contributed by atoms with Crippen LogP contribution in [0.25, 0.3) is 0 Å². The van der Waals surface area contributed by atoms with Gasteiger partial charge in [-0.2, -0.15) is 0 Å². The minimum absolute atomic E-state index is 0.0801. The van der Waals surface area contributed by atoms with Crippen molar-refractivity contribution in [1.82, 2.24) is 14.7 Å². The fourth-order valence-electron chi connectivity index (χ4n) is 3.92. The first kappa shape index (κ1) is 16.5. The summed E-state index contributed by atoms with van der Waals surface area (Å²) in [5, 5.41) is 1.97. The molecule has 23 heavy (non-hydrogen) atoms. The van der Waals surface area contributed by atoms with Crippen LogP contribution in [0.3, 0.4) is 0 Å². The van der Waals surface area contributed by atoms with Crippen molar-refractivity contribution in [2.45, 2.75) is 13.8 Å². The highest BCUT2D eigenvalue weighted by atomic mass is 32.1. The Hall–Kier alpha value is -1.40. The first-order valence-electron chi connectivity index (χ1n) is 8.06. The van der Waals surface area contributed by atoms with Crippen molar-refractivity contribution in [3.63, 3.8) is 0 Å². The maximum atomic E-state index is 12.6. The van der Waals surface area contributed by atoms with Crippen LogP contribution in [0.4, 0.5) is 0 Å². The molecule has 0 aliphatic carbocycles. The second-order valence-corrected chi connectivity index (χ2v) is 8.23. The molecule has 3 rings (SSSR count). The molecule has 0 N–H and O–H groups in total. The molecule has 6 heteroatoms. The standard InChI is InChI=1S/C17H25N3O2S/c1-12-5-6-23-15(12)16(22)20-10-17(11-20)9-19(13(2)21)8-14(17)7-18(3)4/h5-6,14H,7-11H2,1-4H3. The summed E-state index contributed by atoms with van der Waals surface area (Å²) in [5.74, 6) is 0.729. The third-order valence-corrected chi connectivity index (χ3v) is 6.20. The van der Waals surface area contributed by atoms with Gasteiger partial charge < -0.3 is 14.7 Å². The van der Waals surface area contributed by atoms with Crippen molar-refractivity contribution in [2.24, 2.45) is 11.3 Å². The number of amides is 2. The second kappa shape index (κ2) is 5.91. The number of aryl methyl sites for hydroxylation is 1. The predicted molar refractivity (Wildman–Crippen MR) is 91.7 cm³/mol. The number of carbonyl (C=O) groups excluding carboxylic acids is 2. The minimum atomic E-state index is 0.0801. The lowest BCUT2D eigenvalue weighted by Gasteiger charge is -2.51. The van der Waals surface area contributed by atoms with Crippen LogP contribution in [0.2, 0.25) is 0 Å². The Morgan fingerprint density at radius 1 is 1.30 bits per heavy atom. The van der Waals surface area contributed by atoms with Gasteiger partial charge in [-0.25, -0.2) is 0 Å². The highest BCUT2D eigenvalue weighted by Crippen LogP contribution is 2.45. The Morgan fingerprint density at radius 2 is 1.96 bits per heavy atom. The maximum Gasteiger partial charge on any atom is 0.264 e. The lowest BCUT2D eigenvalue weighted by molar-refractivity contribution is -0.128. The van der Waals surface area contributed by atoms with Gasteiger partial charge in [-0.05, 0) is 43.9 Å². The van der Waals surface area contributed by atoms with E-state index in [0.29, 0.717) is 5.92 Å². The third-order valence-electron chi connectivity index (χ3n) is 5.20. The van der Waals surface area contributed by atoms with Crippen LogP contribution in [0, 0.1) is 18.3 Å². The summed E-state index contributed by atoms with van der Waals surface area (Å²) in [4.78, 5) is 31.4. The number of nitrogens with zero attached hydrogens (tertiary/aromatic N) is 3. The number of likely N-dealkylation sites (tertiary alicyclic amines) is 2. The highest BCUT2D eigenvalue weighted by Gasteiger charge is 2.55. The van der Waals surface area contributed by atoms with Crippen LogP contribution in [0.15, 0.2) is 11.4 Å². The molecule has 1 aromatic heterocycles.